The van der Waals surface area contributed by atoms with E-state index in [9.17, 15) is 4.79 Å². The first-order valence-electron chi connectivity index (χ1n) is 5.99. The molecular formula is C13H17N5O. The molecule has 1 aromatic heterocycles. The summed E-state index contributed by atoms with van der Waals surface area (Å²) in [5.74, 6) is 5.93. The second-order valence-electron chi connectivity index (χ2n) is 4.36. The maximum Gasteiger partial charge on any atom is 0.254 e. The normalized spacial score (nSPS) is 11.9. The summed E-state index contributed by atoms with van der Waals surface area (Å²) in [6, 6.07) is 5.26. The highest BCUT2D eigenvalue weighted by molar-refractivity contribution is 5.99. The highest BCUT2D eigenvalue weighted by Crippen LogP contribution is 2.17. The predicted octanol–water partition coefficient (Wildman–Crippen LogP) is 1.49. The third kappa shape index (κ3) is 2.92. The van der Waals surface area contributed by atoms with Crippen LogP contribution in [0.1, 0.15) is 34.7 Å². The van der Waals surface area contributed by atoms with Crippen molar-refractivity contribution in [2.45, 2.75) is 19.9 Å². The number of anilines is 1. The van der Waals surface area contributed by atoms with Gasteiger partial charge in [0.15, 0.2) is 0 Å². The Morgan fingerprint density at radius 3 is 2.89 bits per heavy atom. The van der Waals surface area contributed by atoms with Gasteiger partial charge in [-0.3, -0.25) is 10.6 Å². The molecule has 0 saturated carbocycles. The van der Waals surface area contributed by atoms with Crippen LogP contribution < -0.4 is 16.6 Å². The van der Waals surface area contributed by atoms with Crippen molar-refractivity contribution in [1.29, 1.82) is 0 Å². The molecule has 1 unspecified atom stereocenters. The number of hydrogen-bond donors (Lipinski definition) is 4. The number of aryl methyl sites for hydroxylation is 1. The Morgan fingerprint density at radius 1 is 1.47 bits per heavy atom. The maximum absolute atomic E-state index is 12.2. The van der Waals surface area contributed by atoms with Crippen LogP contribution in [0.4, 0.5) is 5.69 Å². The Hall–Kier alpha value is -2.34. The zero-order chi connectivity index (χ0) is 13.8. The molecule has 1 heterocycles. The number of amides is 1. The molecular weight excluding hydrogens is 242 g/mol. The first-order valence-corrected chi connectivity index (χ1v) is 5.99. The molecule has 2 rings (SSSR count). The van der Waals surface area contributed by atoms with Crippen LogP contribution in [0, 0.1) is 6.92 Å². The molecule has 100 valence electrons. The van der Waals surface area contributed by atoms with Gasteiger partial charge >= 0.3 is 0 Å². The number of carbonyl (C=O) groups excluding carboxylic acids is 1. The summed E-state index contributed by atoms with van der Waals surface area (Å²) in [5, 5.41) is 2.87. The SMILES string of the molecule is Cc1ccc(NN)c(C(=O)NC(C)c2ncc[nH]2)c1. The van der Waals surface area contributed by atoms with Crippen LogP contribution in [0.5, 0.6) is 0 Å². The van der Waals surface area contributed by atoms with Gasteiger partial charge in [0.1, 0.15) is 5.82 Å². The minimum atomic E-state index is -0.200. The van der Waals surface area contributed by atoms with Gasteiger partial charge in [0, 0.05) is 12.4 Å². The van der Waals surface area contributed by atoms with Crippen LogP contribution >= 0.6 is 0 Å². The van der Waals surface area contributed by atoms with E-state index in [0.717, 1.165) is 5.56 Å². The summed E-state index contributed by atoms with van der Waals surface area (Å²) in [7, 11) is 0. The molecule has 6 heteroatoms. The third-order valence-electron chi connectivity index (χ3n) is 2.85. The Balaban J connectivity index is 2.18. The number of nitrogen functional groups attached to an aromatic ring is 1. The summed E-state index contributed by atoms with van der Waals surface area (Å²) in [6.07, 6.45) is 3.37. The summed E-state index contributed by atoms with van der Waals surface area (Å²) < 4.78 is 0. The van der Waals surface area contributed by atoms with Gasteiger partial charge in [-0.15, -0.1) is 0 Å². The van der Waals surface area contributed by atoms with E-state index in [0.29, 0.717) is 17.1 Å². The van der Waals surface area contributed by atoms with E-state index in [1.165, 1.54) is 0 Å². The molecule has 1 atom stereocenters. The number of H-pyrrole nitrogens is 1. The Morgan fingerprint density at radius 2 is 2.26 bits per heavy atom. The number of nitrogens with zero attached hydrogens (tertiary/aromatic N) is 1. The van der Waals surface area contributed by atoms with Crippen LogP contribution in [0.15, 0.2) is 30.6 Å². The van der Waals surface area contributed by atoms with Crippen molar-refractivity contribution in [3.05, 3.63) is 47.5 Å². The number of aromatic nitrogens is 2. The van der Waals surface area contributed by atoms with E-state index >= 15 is 0 Å². The molecule has 0 spiro atoms. The van der Waals surface area contributed by atoms with E-state index in [4.69, 9.17) is 5.84 Å². The standard InChI is InChI=1S/C13H17N5O/c1-8-3-4-11(18-14)10(7-8)13(19)17-9(2)12-15-5-6-16-12/h3-7,9,18H,14H2,1-2H3,(H,15,16)(H,17,19). The molecule has 19 heavy (non-hydrogen) atoms. The second kappa shape index (κ2) is 5.53. The topological polar surface area (TPSA) is 95.8 Å². The lowest BCUT2D eigenvalue weighted by atomic mass is 10.1. The van der Waals surface area contributed by atoms with Gasteiger partial charge in [0.05, 0.1) is 17.3 Å². The average Bonchev–Trinajstić information content (AvgIpc) is 2.92. The van der Waals surface area contributed by atoms with E-state index in [-0.39, 0.29) is 11.9 Å². The van der Waals surface area contributed by atoms with E-state index in [1.54, 1.807) is 24.5 Å². The van der Waals surface area contributed by atoms with Gasteiger partial charge < -0.3 is 15.7 Å². The first-order chi connectivity index (χ1) is 9.11. The van der Waals surface area contributed by atoms with E-state index in [1.807, 2.05) is 19.9 Å². The van der Waals surface area contributed by atoms with Crippen molar-refractivity contribution in [2.75, 3.05) is 5.43 Å². The molecule has 6 nitrogen and oxygen atoms in total. The fourth-order valence-electron chi connectivity index (χ4n) is 1.83. The minimum absolute atomic E-state index is 0.194. The van der Waals surface area contributed by atoms with Gasteiger partial charge in [0.25, 0.3) is 5.91 Å². The number of hydrazine groups is 1. The molecule has 0 radical (unpaired) electrons. The molecule has 1 aromatic carbocycles. The highest BCUT2D eigenvalue weighted by Gasteiger charge is 2.15. The summed E-state index contributed by atoms with van der Waals surface area (Å²) in [4.78, 5) is 19.3. The predicted molar refractivity (Wildman–Crippen MR) is 73.5 cm³/mol. The van der Waals surface area contributed by atoms with Gasteiger partial charge in [-0.1, -0.05) is 11.6 Å². The van der Waals surface area contributed by atoms with E-state index < -0.39 is 0 Å². The third-order valence-corrected chi connectivity index (χ3v) is 2.85. The van der Waals surface area contributed by atoms with Gasteiger partial charge in [-0.25, -0.2) is 4.98 Å². The lowest BCUT2D eigenvalue weighted by Gasteiger charge is -2.14. The number of hydrogen-bond acceptors (Lipinski definition) is 4. The minimum Gasteiger partial charge on any atom is -0.347 e. The van der Waals surface area contributed by atoms with Crippen LogP contribution in [-0.4, -0.2) is 15.9 Å². The van der Waals surface area contributed by atoms with Gasteiger partial charge in [0.2, 0.25) is 0 Å². The fourth-order valence-corrected chi connectivity index (χ4v) is 1.83. The van der Waals surface area contributed by atoms with E-state index in [2.05, 4.69) is 20.7 Å². The molecule has 0 aliphatic carbocycles. The lowest BCUT2D eigenvalue weighted by Crippen LogP contribution is -2.28. The van der Waals surface area contributed by atoms with Crippen molar-refractivity contribution in [1.82, 2.24) is 15.3 Å². The quantitative estimate of drug-likeness (QED) is 0.494. The molecule has 0 saturated heterocycles. The van der Waals surface area contributed by atoms with Crippen molar-refractivity contribution in [3.63, 3.8) is 0 Å². The van der Waals surface area contributed by atoms with Crippen LogP contribution in [0.3, 0.4) is 0 Å². The van der Waals surface area contributed by atoms with Crippen LogP contribution in [-0.2, 0) is 0 Å². The van der Waals surface area contributed by atoms with Crippen molar-refractivity contribution in [2.24, 2.45) is 5.84 Å². The molecule has 0 aliphatic heterocycles. The highest BCUT2D eigenvalue weighted by atomic mass is 16.1. The average molecular weight is 259 g/mol. The number of rotatable bonds is 4. The number of aromatic amines is 1. The smallest absolute Gasteiger partial charge is 0.254 e. The maximum atomic E-state index is 12.2. The zero-order valence-electron chi connectivity index (χ0n) is 10.9. The van der Waals surface area contributed by atoms with Gasteiger partial charge in [-0.05, 0) is 26.0 Å². The largest absolute Gasteiger partial charge is 0.347 e. The molecule has 0 aliphatic rings. The van der Waals surface area contributed by atoms with Crippen molar-refractivity contribution >= 4 is 11.6 Å². The van der Waals surface area contributed by atoms with Crippen LogP contribution in [0.25, 0.3) is 0 Å². The number of carbonyl (C=O) groups is 1. The fraction of sp³-hybridized carbons (Fsp3) is 0.231. The number of nitrogens with one attached hydrogen (secondary N) is 3. The summed E-state index contributed by atoms with van der Waals surface area (Å²) in [5.41, 5.74) is 4.63. The number of nitrogens with two attached hydrogens (primary N) is 1. The first kappa shape index (κ1) is 13.1. The molecule has 2 aromatic rings. The monoisotopic (exact) mass is 259 g/mol. The number of benzene rings is 1. The zero-order valence-corrected chi connectivity index (χ0v) is 10.9. The van der Waals surface area contributed by atoms with Crippen molar-refractivity contribution in [3.8, 4) is 0 Å². The molecule has 1 amide bonds. The lowest BCUT2D eigenvalue weighted by molar-refractivity contribution is 0.0939. The van der Waals surface area contributed by atoms with Crippen molar-refractivity contribution < 1.29 is 4.79 Å². The molecule has 5 N–H and O–H groups in total. The second-order valence-corrected chi connectivity index (χ2v) is 4.36. The summed E-state index contributed by atoms with van der Waals surface area (Å²) >= 11 is 0. The van der Waals surface area contributed by atoms with Gasteiger partial charge in [-0.2, -0.15) is 0 Å². The van der Waals surface area contributed by atoms with Crippen LogP contribution in [0.2, 0.25) is 0 Å². The Bertz CT molecular complexity index is 564. The number of imidazole rings is 1. The Labute approximate surface area is 111 Å². The summed E-state index contributed by atoms with van der Waals surface area (Å²) in [6.45, 7) is 3.79. The Kier molecular flexibility index (Phi) is 3.82. The molecule has 0 fully saturated rings. The molecule has 0 bridgehead atoms.